The van der Waals surface area contributed by atoms with E-state index in [4.69, 9.17) is 0 Å². The van der Waals surface area contributed by atoms with Crippen LogP contribution in [0.1, 0.15) is 44.7 Å². The lowest BCUT2D eigenvalue weighted by Gasteiger charge is -2.13. The Morgan fingerprint density at radius 3 is 2.25 bits per heavy atom. The minimum Gasteiger partial charge on any atom is -0.313 e. The van der Waals surface area contributed by atoms with Crippen molar-refractivity contribution in [3.63, 3.8) is 0 Å². The highest BCUT2D eigenvalue weighted by Gasteiger charge is 2.14. The van der Waals surface area contributed by atoms with Crippen molar-refractivity contribution in [3.05, 3.63) is 35.4 Å². The molecule has 1 rings (SSSR count). The summed E-state index contributed by atoms with van der Waals surface area (Å²) in [6, 6.07) is 7.72. The van der Waals surface area contributed by atoms with Crippen LogP contribution in [0.3, 0.4) is 0 Å². The first-order valence-corrected chi connectivity index (χ1v) is 8.90. The molecule has 0 saturated carbocycles. The van der Waals surface area contributed by atoms with Crippen LogP contribution in [0.4, 0.5) is 0 Å². The molecule has 0 saturated heterocycles. The van der Waals surface area contributed by atoms with Crippen LogP contribution in [-0.2, 0) is 22.3 Å². The van der Waals surface area contributed by atoms with Crippen LogP contribution in [0.5, 0.6) is 0 Å². The lowest BCUT2D eigenvalue weighted by atomic mass is 10.1. The fourth-order valence-electron chi connectivity index (χ4n) is 2.08. The summed E-state index contributed by atoms with van der Waals surface area (Å²) in [5.74, 6) is 0.0442. The second-order valence-corrected chi connectivity index (χ2v) is 6.92. The Balaban J connectivity index is 2.58. The molecule has 0 amide bonds. The van der Waals surface area contributed by atoms with E-state index >= 15 is 0 Å². The third kappa shape index (κ3) is 6.50. The molecule has 5 heteroatoms. The molecule has 1 aromatic rings. The molecular weight excluding hydrogens is 272 g/mol. The van der Waals surface area contributed by atoms with Crippen molar-refractivity contribution in [3.8, 4) is 0 Å². The first-order valence-electron chi connectivity index (χ1n) is 7.25. The van der Waals surface area contributed by atoms with Gasteiger partial charge in [-0.1, -0.05) is 44.5 Å². The van der Waals surface area contributed by atoms with E-state index in [1.807, 2.05) is 38.1 Å². The van der Waals surface area contributed by atoms with Crippen LogP contribution in [0.15, 0.2) is 24.3 Å². The van der Waals surface area contributed by atoms with E-state index in [0.717, 1.165) is 31.5 Å². The lowest BCUT2D eigenvalue weighted by molar-refractivity contribution is 0.543. The molecule has 0 fully saturated rings. The van der Waals surface area contributed by atoms with Crippen molar-refractivity contribution in [2.75, 3.05) is 6.54 Å². The fourth-order valence-corrected chi connectivity index (χ4v) is 3.53. The van der Waals surface area contributed by atoms with Gasteiger partial charge in [-0.05, 0) is 31.0 Å². The molecule has 0 radical (unpaired) electrons. The summed E-state index contributed by atoms with van der Waals surface area (Å²) >= 11 is 0. The minimum absolute atomic E-state index is 0.00183. The van der Waals surface area contributed by atoms with Crippen molar-refractivity contribution >= 4 is 10.0 Å². The summed E-state index contributed by atoms with van der Waals surface area (Å²) in [4.78, 5) is 0. The van der Waals surface area contributed by atoms with Crippen LogP contribution >= 0.6 is 0 Å². The predicted molar refractivity (Wildman–Crippen MR) is 84.0 cm³/mol. The molecule has 1 aromatic carbocycles. The lowest BCUT2D eigenvalue weighted by Crippen LogP contribution is -2.33. The van der Waals surface area contributed by atoms with Crippen LogP contribution in [0.25, 0.3) is 0 Å². The van der Waals surface area contributed by atoms with Crippen LogP contribution < -0.4 is 10.0 Å². The topological polar surface area (TPSA) is 58.2 Å². The van der Waals surface area contributed by atoms with E-state index in [9.17, 15) is 8.42 Å². The van der Waals surface area contributed by atoms with Gasteiger partial charge in [0.15, 0.2) is 0 Å². The largest absolute Gasteiger partial charge is 0.313 e. The molecule has 0 heterocycles. The zero-order valence-corrected chi connectivity index (χ0v) is 13.5. The highest BCUT2D eigenvalue weighted by atomic mass is 32.2. The maximum Gasteiger partial charge on any atom is 0.216 e. The summed E-state index contributed by atoms with van der Waals surface area (Å²) in [7, 11) is -3.25. The minimum atomic E-state index is -3.25. The van der Waals surface area contributed by atoms with Crippen molar-refractivity contribution in [2.24, 2.45) is 0 Å². The third-order valence-electron chi connectivity index (χ3n) is 3.06. The second kappa shape index (κ2) is 8.39. The molecular formula is C15H26N2O2S. The average molecular weight is 298 g/mol. The van der Waals surface area contributed by atoms with Crippen LogP contribution in [0.2, 0.25) is 0 Å². The smallest absolute Gasteiger partial charge is 0.216 e. The molecule has 0 aliphatic rings. The second-order valence-electron chi connectivity index (χ2n) is 5.16. The SMILES string of the molecule is CCCC(C)NS(=O)(=O)Cc1ccc(CNCC)cc1. The standard InChI is InChI=1S/C15H26N2O2S/c1-4-6-13(3)17-20(18,19)12-15-9-7-14(8-10-15)11-16-5-2/h7-10,13,16-17H,4-6,11-12H2,1-3H3. The van der Waals surface area contributed by atoms with E-state index in [1.54, 1.807) is 0 Å². The van der Waals surface area contributed by atoms with E-state index in [2.05, 4.69) is 17.0 Å². The normalized spacial score (nSPS) is 13.3. The Morgan fingerprint density at radius 2 is 1.70 bits per heavy atom. The zero-order valence-electron chi connectivity index (χ0n) is 12.6. The quantitative estimate of drug-likeness (QED) is 0.736. The van der Waals surface area contributed by atoms with Gasteiger partial charge in [-0.15, -0.1) is 0 Å². The van der Waals surface area contributed by atoms with Gasteiger partial charge in [-0.25, -0.2) is 13.1 Å². The van der Waals surface area contributed by atoms with Gasteiger partial charge in [0, 0.05) is 12.6 Å². The molecule has 0 aliphatic carbocycles. The number of rotatable bonds is 9. The van der Waals surface area contributed by atoms with Crippen molar-refractivity contribution in [2.45, 2.75) is 52.0 Å². The molecule has 0 aromatic heterocycles. The first kappa shape index (κ1) is 17.1. The maximum absolute atomic E-state index is 12.0. The number of benzene rings is 1. The molecule has 1 atom stereocenters. The fraction of sp³-hybridized carbons (Fsp3) is 0.600. The number of hydrogen-bond acceptors (Lipinski definition) is 3. The van der Waals surface area contributed by atoms with E-state index in [1.165, 1.54) is 5.56 Å². The molecule has 4 nitrogen and oxygen atoms in total. The van der Waals surface area contributed by atoms with E-state index in [-0.39, 0.29) is 11.8 Å². The highest BCUT2D eigenvalue weighted by molar-refractivity contribution is 7.88. The summed E-state index contributed by atoms with van der Waals surface area (Å²) in [5, 5.41) is 3.24. The van der Waals surface area contributed by atoms with Crippen molar-refractivity contribution < 1.29 is 8.42 Å². The molecule has 1 unspecified atom stereocenters. The summed E-state index contributed by atoms with van der Waals surface area (Å²) in [5.41, 5.74) is 1.99. The molecule has 0 aliphatic heterocycles. The molecule has 2 N–H and O–H groups in total. The Hall–Kier alpha value is -0.910. The summed E-state index contributed by atoms with van der Waals surface area (Å²) in [6.07, 6.45) is 1.84. The van der Waals surface area contributed by atoms with Crippen LogP contribution in [0, 0.1) is 0 Å². The van der Waals surface area contributed by atoms with Crippen LogP contribution in [-0.4, -0.2) is 21.0 Å². The predicted octanol–water partition coefficient (Wildman–Crippen LogP) is 2.40. The molecule has 0 spiro atoms. The van der Waals surface area contributed by atoms with Gasteiger partial charge < -0.3 is 5.32 Å². The van der Waals surface area contributed by atoms with Crippen molar-refractivity contribution in [1.29, 1.82) is 0 Å². The van der Waals surface area contributed by atoms with Crippen molar-refractivity contribution in [1.82, 2.24) is 10.0 Å². The number of hydrogen-bond donors (Lipinski definition) is 2. The van der Waals surface area contributed by atoms with Gasteiger partial charge >= 0.3 is 0 Å². The average Bonchev–Trinajstić information content (AvgIpc) is 2.37. The van der Waals surface area contributed by atoms with Gasteiger partial charge in [-0.3, -0.25) is 0 Å². The Labute approximate surface area is 123 Å². The Bertz CT molecular complexity index is 483. The van der Waals surface area contributed by atoms with E-state index < -0.39 is 10.0 Å². The Morgan fingerprint density at radius 1 is 1.10 bits per heavy atom. The van der Waals surface area contributed by atoms with Gasteiger partial charge in [-0.2, -0.15) is 0 Å². The molecule has 114 valence electrons. The molecule has 20 heavy (non-hydrogen) atoms. The maximum atomic E-state index is 12.0. The monoisotopic (exact) mass is 298 g/mol. The van der Waals surface area contributed by atoms with Gasteiger partial charge in [0.1, 0.15) is 0 Å². The third-order valence-corrected chi connectivity index (χ3v) is 4.54. The summed E-state index contributed by atoms with van der Waals surface area (Å²) in [6.45, 7) is 7.75. The molecule has 0 bridgehead atoms. The van der Waals surface area contributed by atoms with E-state index in [0.29, 0.717) is 0 Å². The highest BCUT2D eigenvalue weighted by Crippen LogP contribution is 2.09. The summed E-state index contributed by atoms with van der Waals surface area (Å²) < 4.78 is 26.8. The van der Waals surface area contributed by atoms with Gasteiger partial charge in [0.2, 0.25) is 10.0 Å². The first-order chi connectivity index (χ1) is 9.46. The van der Waals surface area contributed by atoms with Gasteiger partial charge in [0.25, 0.3) is 0 Å². The number of sulfonamides is 1. The zero-order chi connectivity index (χ0) is 15.0. The Kier molecular flexibility index (Phi) is 7.19. The number of nitrogens with one attached hydrogen (secondary N) is 2. The van der Waals surface area contributed by atoms with Gasteiger partial charge in [0.05, 0.1) is 5.75 Å².